The second-order valence-corrected chi connectivity index (χ2v) is 14.6. The van der Waals surface area contributed by atoms with Gasteiger partial charge in [-0.2, -0.15) is 0 Å². The molecule has 240 valence electrons. The second-order valence-electron chi connectivity index (χ2n) is 14.6. The molecule has 4 aliphatic rings. The van der Waals surface area contributed by atoms with Crippen LogP contribution in [0.25, 0.3) is 11.3 Å². The largest absolute Gasteiger partial charge is 0.496 e. The van der Waals surface area contributed by atoms with E-state index in [4.69, 9.17) is 19.1 Å². The summed E-state index contributed by atoms with van der Waals surface area (Å²) in [6.45, 7) is 8.64. The average molecular weight is 612 g/mol. The Hall–Kier alpha value is -3.48. The van der Waals surface area contributed by atoms with Crippen LogP contribution in [0.1, 0.15) is 114 Å². The lowest BCUT2D eigenvalue weighted by atomic mass is 9.51. The van der Waals surface area contributed by atoms with Gasteiger partial charge in [-0.05, 0) is 124 Å². The lowest BCUT2D eigenvalue weighted by Gasteiger charge is -2.55. The number of hydrogen-bond donors (Lipinski definition) is 0. The molecule has 7 heteroatoms. The third-order valence-corrected chi connectivity index (χ3v) is 11.3. The van der Waals surface area contributed by atoms with Gasteiger partial charge in [0.25, 0.3) is 0 Å². The standard InChI is InChI=1S/C38H49N3O4/c1-25(2)35-40-32(23-45-35)30-12-19-39-34(22-30)41(36(43)29-8-6-28(7-9-29)21-27(4)42)24-37-13-16-38(17-14-37,18-15-37)31-10-11-33(44-5)26(3)20-31/h10-12,19-20,22-23,25,28-29H,6-9,13-18,21,24H2,1-5H3. The number of nitrogens with zero attached hydrogens (tertiary/aromatic N) is 3. The number of aromatic nitrogens is 2. The van der Waals surface area contributed by atoms with E-state index in [1.54, 1.807) is 26.5 Å². The van der Waals surface area contributed by atoms with Gasteiger partial charge in [0.05, 0.1) is 7.11 Å². The number of ketones is 1. The summed E-state index contributed by atoms with van der Waals surface area (Å²) in [5, 5.41) is 0. The van der Waals surface area contributed by atoms with Crippen molar-refractivity contribution >= 4 is 17.5 Å². The van der Waals surface area contributed by atoms with Gasteiger partial charge in [0.1, 0.15) is 29.3 Å². The number of rotatable bonds is 10. The predicted octanol–water partition coefficient (Wildman–Crippen LogP) is 8.59. The fourth-order valence-corrected chi connectivity index (χ4v) is 8.40. The van der Waals surface area contributed by atoms with E-state index < -0.39 is 0 Å². The highest BCUT2D eigenvalue weighted by molar-refractivity contribution is 5.95. The average Bonchev–Trinajstić information content (AvgIpc) is 3.56. The highest BCUT2D eigenvalue weighted by atomic mass is 16.5. The van der Waals surface area contributed by atoms with Crippen molar-refractivity contribution in [2.75, 3.05) is 18.6 Å². The smallest absolute Gasteiger partial charge is 0.231 e. The van der Waals surface area contributed by atoms with Crippen molar-refractivity contribution < 1.29 is 18.7 Å². The number of fused-ring (bicyclic) bond motifs is 3. The van der Waals surface area contributed by atoms with E-state index in [1.165, 1.54) is 11.1 Å². The van der Waals surface area contributed by atoms with Crippen molar-refractivity contribution in [2.45, 2.75) is 110 Å². The molecule has 45 heavy (non-hydrogen) atoms. The Bertz CT molecular complexity index is 1510. The van der Waals surface area contributed by atoms with Crippen LogP contribution in [0.5, 0.6) is 5.75 Å². The molecule has 2 heterocycles. The van der Waals surface area contributed by atoms with Crippen LogP contribution in [0, 0.1) is 24.2 Å². The molecular formula is C38H49N3O4. The number of Topliss-reactive ketones (excluding diaryl/α,β-unsaturated/α-hetero) is 1. The number of carbonyl (C=O) groups is 2. The number of aryl methyl sites for hydroxylation is 1. The van der Waals surface area contributed by atoms with Gasteiger partial charge in [-0.1, -0.05) is 26.0 Å². The molecule has 2 aromatic heterocycles. The molecule has 1 aromatic carbocycles. The van der Waals surface area contributed by atoms with Crippen LogP contribution >= 0.6 is 0 Å². The van der Waals surface area contributed by atoms with Crippen molar-refractivity contribution in [2.24, 2.45) is 17.3 Å². The second kappa shape index (κ2) is 12.7. The molecular weight excluding hydrogens is 562 g/mol. The molecule has 3 aromatic rings. The Labute approximate surface area is 268 Å². The van der Waals surface area contributed by atoms with Gasteiger partial charge in [-0.25, -0.2) is 9.97 Å². The molecule has 4 saturated carbocycles. The van der Waals surface area contributed by atoms with Crippen LogP contribution in [-0.2, 0) is 15.0 Å². The van der Waals surface area contributed by atoms with Crippen LogP contribution < -0.4 is 9.64 Å². The van der Waals surface area contributed by atoms with Crippen molar-refractivity contribution in [1.82, 2.24) is 9.97 Å². The van der Waals surface area contributed by atoms with Crippen molar-refractivity contribution in [3.63, 3.8) is 0 Å². The summed E-state index contributed by atoms with van der Waals surface area (Å²) < 4.78 is 11.3. The number of pyridine rings is 1. The molecule has 1 amide bonds. The maximum atomic E-state index is 14.5. The van der Waals surface area contributed by atoms with Crippen LogP contribution in [0.15, 0.2) is 47.2 Å². The minimum atomic E-state index is -0.0387. The molecule has 7 nitrogen and oxygen atoms in total. The van der Waals surface area contributed by atoms with Gasteiger partial charge in [0, 0.05) is 36.6 Å². The number of carbonyl (C=O) groups excluding carboxylic acids is 2. The van der Waals surface area contributed by atoms with E-state index in [-0.39, 0.29) is 34.4 Å². The van der Waals surface area contributed by atoms with Crippen LogP contribution in [0.4, 0.5) is 5.82 Å². The monoisotopic (exact) mass is 611 g/mol. The van der Waals surface area contributed by atoms with Crippen molar-refractivity contribution in [1.29, 1.82) is 0 Å². The first-order valence-corrected chi connectivity index (χ1v) is 17.0. The summed E-state index contributed by atoms with van der Waals surface area (Å²) in [5.74, 6) is 3.35. The molecule has 0 atom stereocenters. The summed E-state index contributed by atoms with van der Waals surface area (Å²) in [6, 6.07) is 10.7. The minimum Gasteiger partial charge on any atom is -0.496 e. The Kier molecular flexibility index (Phi) is 8.91. The lowest BCUT2D eigenvalue weighted by molar-refractivity contribution is -0.124. The van der Waals surface area contributed by atoms with Crippen molar-refractivity contribution in [3.8, 4) is 17.0 Å². The van der Waals surface area contributed by atoms with Gasteiger partial charge in [-0.3, -0.25) is 9.69 Å². The normalized spacial score (nSPS) is 26.2. The first-order valence-electron chi connectivity index (χ1n) is 17.0. The van der Waals surface area contributed by atoms with E-state index >= 15 is 0 Å². The third-order valence-electron chi connectivity index (χ3n) is 11.3. The van der Waals surface area contributed by atoms with E-state index in [1.807, 2.05) is 17.0 Å². The number of hydrogen-bond acceptors (Lipinski definition) is 6. The molecule has 0 N–H and O–H groups in total. The number of amides is 1. The van der Waals surface area contributed by atoms with Crippen molar-refractivity contribution in [3.05, 3.63) is 59.8 Å². The van der Waals surface area contributed by atoms with Gasteiger partial charge < -0.3 is 13.9 Å². The molecule has 0 aliphatic heterocycles. The molecule has 0 unspecified atom stereocenters. The van der Waals surface area contributed by atoms with Crippen LogP contribution in [0.2, 0.25) is 0 Å². The van der Waals surface area contributed by atoms with Gasteiger partial charge >= 0.3 is 0 Å². The molecule has 4 aliphatic carbocycles. The van der Waals surface area contributed by atoms with Gasteiger partial charge in [-0.15, -0.1) is 0 Å². The fourth-order valence-electron chi connectivity index (χ4n) is 8.40. The Morgan fingerprint density at radius 1 is 1.02 bits per heavy atom. The van der Waals surface area contributed by atoms with E-state index in [0.717, 1.165) is 81.2 Å². The molecule has 0 spiro atoms. The first kappa shape index (κ1) is 31.5. The lowest BCUT2D eigenvalue weighted by Crippen LogP contribution is -2.52. The predicted molar refractivity (Wildman–Crippen MR) is 176 cm³/mol. The number of anilines is 1. The van der Waals surface area contributed by atoms with E-state index in [0.29, 0.717) is 30.6 Å². The molecule has 2 bridgehead atoms. The van der Waals surface area contributed by atoms with Gasteiger partial charge in [0.15, 0.2) is 5.89 Å². The maximum absolute atomic E-state index is 14.5. The number of oxazole rings is 1. The molecule has 0 radical (unpaired) electrons. The van der Waals surface area contributed by atoms with Gasteiger partial charge in [0.2, 0.25) is 5.91 Å². The summed E-state index contributed by atoms with van der Waals surface area (Å²) in [6.07, 6.45) is 14.4. The quantitative estimate of drug-likeness (QED) is 0.228. The minimum absolute atomic E-state index is 0.0387. The topological polar surface area (TPSA) is 85.5 Å². The van der Waals surface area contributed by atoms with Crippen LogP contribution in [0.3, 0.4) is 0 Å². The highest BCUT2D eigenvalue weighted by Gasteiger charge is 2.51. The first-order chi connectivity index (χ1) is 21.6. The number of benzene rings is 1. The third kappa shape index (κ3) is 6.45. The zero-order chi connectivity index (χ0) is 31.8. The number of methoxy groups -OCH3 is 1. The summed E-state index contributed by atoms with van der Waals surface area (Å²) in [5.41, 5.74) is 4.61. The van der Waals surface area contributed by atoms with E-state index in [9.17, 15) is 9.59 Å². The fraction of sp³-hybridized carbons (Fsp3) is 0.579. The maximum Gasteiger partial charge on any atom is 0.231 e. The van der Waals surface area contributed by atoms with Crippen LogP contribution in [-0.4, -0.2) is 35.3 Å². The summed E-state index contributed by atoms with van der Waals surface area (Å²) >= 11 is 0. The number of ether oxygens (including phenoxy) is 1. The zero-order valence-electron chi connectivity index (χ0n) is 27.7. The summed E-state index contributed by atoms with van der Waals surface area (Å²) in [7, 11) is 1.74. The summed E-state index contributed by atoms with van der Waals surface area (Å²) in [4.78, 5) is 37.8. The molecule has 4 fully saturated rings. The van der Waals surface area contributed by atoms with E-state index in [2.05, 4.69) is 39.0 Å². The molecule has 7 rings (SSSR count). The SMILES string of the molecule is COc1ccc(C23CCC(CN(C(=O)C4CCC(CC(C)=O)CC4)c4cc(-c5coc(C(C)C)n5)ccn4)(CC2)CC3)cc1C. The highest BCUT2D eigenvalue weighted by Crippen LogP contribution is 2.58. The zero-order valence-corrected chi connectivity index (χ0v) is 27.7. The Balaban J connectivity index is 1.25. The Morgan fingerprint density at radius 2 is 1.73 bits per heavy atom. The molecule has 0 saturated heterocycles. The Morgan fingerprint density at radius 3 is 2.33 bits per heavy atom.